The summed E-state index contributed by atoms with van der Waals surface area (Å²) < 4.78 is 24.3. The third-order valence-electron chi connectivity index (χ3n) is 3.53. The molecule has 0 radical (unpaired) electrons. The van der Waals surface area contributed by atoms with Gasteiger partial charge in [0.2, 0.25) is 0 Å². The number of rotatable bonds is 6. The van der Waals surface area contributed by atoms with E-state index in [1.165, 1.54) is 25.0 Å². The van der Waals surface area contributed by atoms with Crippen LogP contribution in [0.1, 0.15) is 24.4 Å². The highest BCUT2D eigenvalue weighted by atomic mass is 19.1. The largest absolute Gasteiger partial charge is 0.496 e. The number of ether oxygens (including phenoxy) is 2. The first-order valence-electron chi connectivity index (χ1n) is 6.24. The van der Waals surface area contributed by atoms with E-state index in [0.717, 1.165) is 5.56 Å². The maximum absolute atomic E-state index is 13.4. The standard InChI is InChI=1S/C14H20FNO2/c1-16-13(14(18-3)9-4-5-9)11-8-10(15)6-7-12(11)17-2/h6-9,13-14,16H,4-5H2,1-3H3. The van der Waals surface area contributed by atoms with Gasteiger partial charge in [0, 0.05) is 12.7 Å². The summed E-state index contributed by atoms with van der Waals surface area (Å²) in [5, 5.41) is 3.22. The second-order valence-electron chi connectivity index (χ2n) is 4.69. The van der Waals surface area contributed by atoms with E-state index in [1.54, 1.807) is 20.3 Å². The normalized spacial score (nSPS) is 18.4. The van der Waals surface area contributed by atoms with Gasteiger partial charge in [0.15, 0.2) is 0 Å². The molecule has 3 nitrogen and oxygen atoms in total. The van der Waals surface area contributed by atoms with Crippen molar-refractivity contribution in [2.24, 2.45) is 5.92 Å². The molecule has 0 heterocycles. The van der Waals surface area contributed by atoms with Crippen molar-refractivity contribution in [2.45, 2.75) is 25.0 Å². The molecule has 1 aromatic carbocycles. The molecule has 0 saturated heterocycles. The van der Waals surface area contributed by atoms with Gasteiger partial charge in [-0.1, -0.05) is 0 Å². The number of hydrogen-bond donors (Lipinski definition) is 1. The molecule has 1 aliphatic rings. The zero-order valence-corrected chi connectivity index (χ0v) is 11.1. The average Bonchev–Trinajstić information content (AvgIpc) is 3.20. The summed E-state index contributed by atoms with van der Waals surface area (Å²) in [6.07, 6.45) is 2.41. The van der Waals surface area contributed by atoms with Crippen LogP contribution in [0.2, 0.25) is 0 Å². The summed E-state index contributed by atoms with van der Waals surface area (Å²) in [7, 11) is 5.17. The van der Waals surface area contributed by atoms with E-state index < -0.39 is 0 Å². The fraction of sp³-hybridized carbons (Fsp3) is 0.571. The predicted octanol–water partition coefficient (Wildman–Crippen LogP) is 2.52. The molecule has 2 atom stereocenters. The lowest BCUT2D eigenvalue weighted by Gasteiger charge is -2.27. The van der Waals surface area contributed by atoms with Crippen molar-refractivity contribution < 1.29 is 13.9 Å². The number of likely N-dealkylation sites (N-methyl/N-ethyl adjacent to an activating group) is 1. The van der Waals surface area contributed by atoms with Crippen molar-refractivity contribution in [3.63, 3.8) is 0 Å². The van der Waals surface area contributed by atoms with Gasteiger partial charge in [-0.15, -0.1) is 0 Å². The van der Waals surface area contributed by atoms with Gasteiger partial charge in [0.25, 0.3) is 0 Å². The van der Waals surface area contributed by atoms with Crippen molar-refractivity contribution >= 4 is 0 Å². The molecule has 0 aliphatic heterocycles. The van der Waals surface area contributed by atoms with Gasteiger partial charge in [-0.3, -0.25) is 0 Å². The lowest BCUT2D eigenvalue weighted by Crippen LogP contribution is -2.33. The molecule has 0 amide bonds. The summed E-state index contributed by atoms with van der Waals surface area (Å²) in [6, 6.07) is 4.55. The van der Waals surface area contributed by atoms with Crippen molar-refractivity contribution in [3.05, 3.63) is 29.6 Å². The highest BCUT2D eigenvalue weighted by Gasteiger charge is 2.38. The molecular formula is C14H20FNO2. The molecule has 1 saturated carbocycles. The van der Waals surface area contributed by atoms with Crippen LogP contribution in [-0.2, 0) is 4.74 Å². The van der Waals surface area contributed by atoms with Crippen LogP contribution in [0.5, 0.6) is 5.75 Å². The van der Waals surface area contributed by atoms with E-state index in [-0.39, 0.29) is 18.0 Å². The molecule has 0 spiro atoms. The van der Waals surface area contributed by atoms with Crippen LogP contribution in [0.25, 0.3) is 0 Å². The molecule has 1 aliphatic carbocycles. The summed E-state index contributed by atoms with van der Waals surface area (Å²) in [5.74, 6) is 0.996. The second-order valence-corrected chi connectivity index (χ2v) is 4.69. The van der Waals surface area contributed by atoms with Gasteiger partial charge in [-0.25, -0.2) is 4.39 Å². The Labute approximate surface area is 107 Å². The van der Waals surface area contributed by atoms with Crippen LogP contribution in [0.15, 0.2) is 18.2 Å². The molecule has 2 unspecified atom stereocenters. The van der Waals surface area contributed by atoms with E-state index >= 15 is 0 Å². The fourth-order valence-electron chi connectivity index (χ4n) is 2.47. The van der Waals surface area contributed by atoms with Crippen LogP contribution in [0.3, 0.4) is 0 Å². The molecule has 1 aromatic rings. The Morgan fingerprint density at radius 1 is 1.33 bits per heavy atom. The summed E-state index contributed by atoms with van der Waals surface area (Å²) in [6.45, 7) is 0. The first kappa shape index (κ1) is 13.3. The maximum Gasteiger partial charge on any atom is 0.123 e. The SMILES string of the molecule is CNC(c1cc(F)ccc1OC)C(OC)C1CC1. The van der Waals surface area contributed by atoms with Gasteiger partial charge >= 0.3 is 0 Å². The maximum atomic E-state index is 13.4. The number of nitrogens with one attached hydrogen (secondary N) is 1. The Bertz CT molecular complexity index is 407. The first-order valence-corrected chi connectivity index (χ1v) is 6.24. The third kappa shape index (κ3) is 2.65. The number of methoxy groups -OCH3 is 2. The monoisotopic (exact) mass is 253 g/mol. The van der Waals surface area contributed by atoms with Crippen molar-refractivity contribution in [3.8, 4) is 5.75 Å². The van der Waals surface area contributed by atoms with Crippen LogP contribution in [-0.4, -0.2) is 27.4 Å². The first-order chi connectivity index (χ1) is 8.71. The van der Waals surface area contributed by atoms with Crippen LogP contribution in [0, 0.1) is 11.7 Å². The highest BCUT2D eigenvalue weighted by Crippen LogP contribution is 2.41. The lowest BCUT2D eigenvalue weighted by atomic mass is 9.97. The number of benzene rings is 1. The molecule has 1 N–H and O–H groups in total. The Kier molecular flexibility index (Phi) is 4.19. The van der Waals surface area contributed by atoms with Gasteiger partial charge in [-0.2, -0.15) is 0 Å². The minimum atomic E-state index is -0.253. The van der Waals surface area contributed by atoms with Crippen molar-refractivity contribution in [2.75, 3.05) is 21.3 Å². The molecular weight excluding hydrogens is 233 g/mol. The fourth-order valence-corrected chi connectivity index (χ4v) is 2.47. The predicted molar refractivity (Wildman–Crippen MR) is 68.3 cm³/mol. The number of halogens is 1. The highest BCUT2D eigenvalue weighted by molar-refractivity contribution is 5.37. The van der Waals surface area contributed by atoms with Gasteiger partial charge in [0.1, 0.15) is 11.6 Å². The average molecular weight is 253 g/mol. The molecule has 4 heteroatoms. The number of hydrogen-bond acceptors (Lipinski definition) is 3. The summed E-state index contributed by atoms with van der Waals surface area (Å²) in [4.78, 5) is 0. The van der Waals surface area contributed by atoms with Crippen LogP contribution >= 0.6 is 0 Å². The zero-order chi connectivity index (χ0) is 13.1. The third-order valence-corrected chi connectivity index (χ3v) is 3.53. The molecule has 18 heavy (non-hydrogen) atoms. The van der Waals surface area contributed by atoms with E-state index in [4.69, 9.17) is 9.47 Å². The molecule has 2 rings (SSSR count). The molecule has 0 bridgehead atoms. The van der Waals surface area contributed by atoms with E-state index in [0.29, 0.717) is 11.7 Å². The van der Waals surface area contributed by atoms with Crippen LogP contribution in [0.4, 0.5) is 4.39 Å². The quantitative estimate of drug-likeness (QED) is 0.845. The van der Waals surface area contributed by atoms with Gasteiger partial charge < -0.3 is 14.8 Å². The second kappa shape index (κ2) is 5.67. The van der Waals surface area contributed by atoms with E-state index in [1.807, 2.05) is 7.05 Å². The Balaban J connectivity index is 2.33. The molecule has 0 aromatic heterocycles. The van der Waals surface area contributed by atoms with Crippen LogP contribution < -0.4 is 10.1 Å². The van der Waals surface area contributed by atoms with Crippen molar-refractivity contribution in [1.29, 1.82) is 0 Å². The molecule has 100 valence electrons. The lowest BCUT2D eigenvalue weighted by molar-refractivity contribution is 0.0522. The van der Waals surface area contributed by atoms with Crippen molar-refractivity contribution in [1.82, 2.24) is 5.32 Å². The van der Waals surface area contributed by atoms with Gasteiger partial charge in [-0.05, 0) is 44.0 Å². The van der Waals surface area contributed by atoms with E-state index in [2.05, 4.69) is 5.32 Å². The summed E-state index contributed by atoms with van der Waals surface area (Å²) >= 11 is 0. The molecule has 1 fully saturated rings. The Hall–Kier alpha value is -1.13. The zero-order valence-electron chi connectivity index (χ0n) is 11.1. The minimum Gasteiger partial charge on any atom is -0.496 e. The Morgan fingerprint density at radius 3 is 2.56 bits per heavy atom. The minimum absolute atomic E-state index is 0.0480. The summed E-state index contributed by atoms with van der Waals surface area (Å²) in [5.41, 5.74) is 0.818. The Morgan fingerprint density at radius 2 is 2.06 bits per heavy atom. The topological polar surface area (TPSA) is 30.5 Å². The smallest absolute Gasteiger partial charge is 0.123 e. The van der Waals surface area contributed by atoms with Gasteiger partial charge in [0.05, 0.1) is 19.3 Å². The van der Waals surface area contributed by atoms with E-state index in [9.17, 15) is 4.39 Å².